The molecule has 7 nitrogen and oxygen atoms in total. The normalized spacial score (nSPS) is 15.5. The van der Waals surface area contributed by atoms with Gasteiger partial charge >= 0.3 is 0 Å². The van der Waals surface area contributed by atoms with Crippen LogP contribution in [-0.4, -0.2) is 57.3 Å². The lowest BCUT2D eigenvalue weighted by Crippen LogP contribution is -2.40. The molecule has 0 radical (unpaired) electrons. The number of hydrogen-bond acceptors (Lipinski definition) is 5. The highest BCUT2D eigenvalue weighted by Gasteiger charge is 2.29. The van der Waals surface area contributed by atoms with E-state index in [4.69, 9.17) is 21.7 Å². The Hall–Kier alpha value is -1.42. The van der Waals surface area contributed by atoms with Gasteiger partial charge in [-0.2, -0.15) is 4.31 Å². The van der Waals surface area contributed by atoms with Crippen LogP contribution in [0.2, 0.25) is 0 Å². The molecule has 1 heterocycles. The molecule has 26 heavy (non-hydrogen) atoms. The zero-order valence-electron chi connectivity index (χ0n) is 15.3. The average molecular weight is 402 g/mol. The molecule has 0 aromatic heterocycles. The first-order valence-corrected chi connectivity index (χ1v) is 10.7. The van der Waals surface area contributed by atoms with Crippen molar-refractivity contribution < 1.29 is 17.9 Å². The van der Waals surface area contributed by atoms with Gasteiger partial charge in [0.2, 0.25) is 10.0 Å². The van der Waals surface area contributed by atoms with Gasteiger partial charge in [-0.15, -0.1) is 0 Å². The smallest absolute Gasteiger partial charge is 0.246 e. The Balaban J connectivity index is 2.23. The maximum Gasteiger partial charge on any atom is 0.246 e. The summed E-state index contributed by atoms with van der Waals surface area (Å²) in [4.78, 5) is 0.141. The van der Waals surface area contributed by atoms with Crippen molar-refractivity contribution in [2.45, 2.75) is 31.6 Å². The molecule has 146 valence electrons. The number of thiocarbonyl (C=S) groups is 1. The van der Waals surface area contributed by atoms with E-state index in [2.05, 4.69) is 17.6 Å². The molecule has 0 bridgehead atoms. The Morgan fingerprint density at radius 2 is 2.04 bits per heavy atom. The maximum atomic E-state index is 13.0. The third-order valence-corrected chi connectivity index (χ3v) is 6.07. The number of sulfonamides is 1. The summed E-state index contributed by atoms with van der Waals surface area (Å²) in [5, 5.41) is 6.62. The average Bonchev–Trinajstić information content (AvgIpc) is 2.64. The molecule has 1 aromatic rings. The lowest BCUT2D eigenvalue weighted by Gasteiger charge is -2.27. The van der Waals surface area contributed by atoms with Gasteiger partial charge in [0.1, 0.15) is 10.6 Å². The predicted molar refractivity (Wildman–Crippen MR) is 106 cm³/mol. The van der Waals surface area contributed by atoms with E-state index in [1.807, 2.05) is 6.92 Å². The lowest BCUT2D eigenvalue weighted by molar-refractivity contribution is 0.0729. The second-order valence-electron chi connectivity index (χ2n) is 5.85. The van der Waals surface area contributed by atoms with Crippen molar-refractivity contribution in [1.29, 1.82) is 0 Å². The van der Waals surface area contributed by atoms with E-state index in [-0.39, 0.29) is 4.90 Å². The van der Waals surface area contributed by atoms with E-state index in [1.165, 1.54) is 4.31 Å². The first kappa shape index (κ1) is 20.9. The topological polar surface area (TPSA) is 79.9 Å². The molecule has 9 heteroatoms. The van der Waals surface area contributed by atoms with Gasteiger partial charge in [-0.05, 0) is 43.8 Å². The number of hydrogen-bond donors (Lipinski definition) is 2. The van der Waals surface area contributed by atoms with E-state index in [0.29, 0.717) is 49.5 Å². The van der Waals surface area contributed by atoms with Gasteiger partial charge in [0.25, 0.3) is 0 Å². The zero-order valence-corrected chi connectivity index (χ0v) is 16.9. The number of morpholine rings is 1. The van der Waals surface area contributed by atoms with Gasteiger partial charge in [-0.25, -0.2) is 8.42 Å². The molecule has 1 fully saturated rings. The van der Waals surface area contributed by atoms with Crippen LogP contribution < -0.4 is 15.4 Å². The minimum Gasteiger partial charge on any atom is -0.492 e. The first-order chi connectivity index (χ1) is 12.5. The molecule has 1 aliphatic heterocycles. The Morgan fingerprint density at radius 3 is 2.69 bits per heavy atom. The number of benzene rings is 1. The van der Waals surface area contributed by atoms with Crippen molar-refractivity contribution in [2.24, 2.45) is 0 Å². The van der Waals surface area contributed by atoms with Crippen molar-refractivity contribution in [3.8, 4) is 5.75 Å². The molecule has 0 aliphatic carbocycles. The number of unbranched alkanes of at least 4 members (excludes halogenated alkanes) is 1. The van der Waals surface area contributed by atoms with Crippen LogP contribution in [0, 0.1) is 0 Å². The largest absolute Gasteiger partial charge is 0.492 e. The molecule has 0 unspecified atom stereocenters. The molecule has 1 aromatic carbocycles. The summed E-state index contributed by atoms with van der Waals surface area (Å²) in [6.07, 6.45) is 2.09. The summed E-state index contributed by atoms with van der Waals surface area (Å²) < 4.78 is 38.3. The van der Waals surface area contributed by atoms with Crippen LogP contribution in [0.4, 0.5) is 5.69 Å². The van der Waals surface area contributed by atoms with Crippen LogP contribution in [-0.2, 0) is 14.8 Å². The third kappa shape index (κ3) is 5.54. The summed E-state index contributed by atoms with van der Waals surface area (Å²) in [5.74, 6) is 0.342. The van der Waals surface area contributed by atoms with Crippen molar-refractivity contribution in [3.05, 3.63) is 18.2 Å². The van der Waals surface area contributed by atoms with Crippen LogP contribution >= 0.6 is 12.2 Å². The highest BCUT2D eigenvalue weighted by Crippen LogP contribution is 2.30. The highest BCUT2D eigenvalue weighted by molar-refractivity contribution is 7.89. The van der Waals surface area contributed by atoms with Crippen LogP contribution in [0.25, 0.3) is 0 Å². The molecular weight excluding hydrogens is 374 g/mol. The van der Waals surface area contributed by atoms with E-state index < -0.39 is 10.0 Å². The minimum atomic E-state index is -3.67. The molecule has 0 amide bonds. The number of anilines is 1. The van der Waals surface area contributed by atoms with Crippen molar-refractivity contribution in [1.82, 2.24) is 9.62 Å². The molecule has 1 aliphatic rings. The van der Waals surface area contributed by atoms with Gasteiger partial charge in [-0.3, -0.25) is 0 Å². The summed E-state index contributed by atoms with van der Waals surface area (Å²) >= 11 is 5.27. The lowest BCUT2D eigenvalue weighted by atomic mass is 10.3. The van der Waals surface area contributed by atoms with Crippen LogP contribution in [0.5, 0.6) is 5.75 Å². The summed E-state index contributed by atoms with van der Waals surface area (Å²) in [6.45, 7) is 6.55. The Bertz CT molecular complexity index is 704. The van der Waals surface area contributed by atoms with Crippen LogP contribution in [0.3, 0.4) is 0 Å². The van der Waals surface area contributed by atoms with E-state index in [9.17, 15) is 8.42 Å². The van der Waals surface area contributed by atoms with E-state index >= 15 is 0 Å². The first-order valence-electron chi connectivity index (χ1n) is 8.88. The molecule has 1 saturated heterocycles. The van der Waals surface area contributed by atoms with Gasteiger partial charge in [0.15, 0.2) is 5.11 Å². The summed E-state index contributed by atoms with van der Waals surface area (Å²) in [6, 6.07) is 4.99. The van der Waals surface area contributed by atoms with E-state index in [1.54, 1.807) is 18.2 Å². The van der Waals surface area contributed by atoms with Gasteiger partial charge < -0.3 is 20.1 Å². The number of rotatable bonds is 8. The van der Waals surface area contributed by atoms with Crippen LogP contribution in [0.1, 0.15) is 26.7 Å². The molecule has 2 N–H and O–H groups in total. The summed E-state index contributed by atoms with van der Waals surface area (Å²) in [5.41, 5.74) is 0.606. The monoisotopic (exact) mass is 401 g/mol. The predicted octanol–water partition coefficient (Wildman–Crippen LogP) is 2.19. The van der Waals surface area contributed by atoms with Gasteiger partial charge in [-0.1, -0.05) is 13.3 Å². The van der Waals surface area contributed by atoms with E-state index in [0.717, 1.165) is 19.4 Å². The SMILES string of the molecule is CCCCNC(=S)Nc1ccc(OCC)c(S(=O)(=O)N2CCOCC2)c1. The summed E-state index contributed by atoms with van der Waals surface area (Å²) in [7, 11) is -3.67. The zero-order chi connectivity index (χ0) is 19.0. The number of nitrogens with zero attached hydrogens (tertiary/aromatic N) is 1. The fourth-order valence-corrected chi connectivity index (χ4v) is 4.33. The maximum absolute atomic E-state index is 13.0. The third-order valence-electron chi connectivity index (χ3n) is 3.91. The molecular formula is C17H27N3O4S2. The van der Waals surface area contributed by atoms with Gasteiger partial charge in [0, 0.05) is 25.3 Å². The molecule has 2 rings (SSSR count). The second-order valence-corrected chi connectivity index (χ2v) is 8.16. The number of nitrogens with one attached hydrogen (secondary N) is 2. The molecule has 0 atom stereocenters. The minimum absolute atomic E-state index is 0.141. The number of ether oxygens (including phenoxy) is 2. The molecule has 0 spiro atoms. The fourth-order valence-electron chi connectivity index (χ4n) is 2.54. The van der Waals surface area contributed by atoms with Crippen LogP contribution in [0.15, 0.2) is 23.1 Å². The Labute approximate surface area is 161 Å². The highest BCUT2D eigenvalue weighted by atomic mass is 32.2. The fraction of sp³-hybridized carbons (Fsp3) is 0.588. The Morgan fingerprint density at radius 1 is 1.31 bits per heavy atom. The Kier molecular flexibility index (Phi) is 8.08. The van der Waals surface area contributed by atoms with Crippen molar-refractivity contribution >= 4 is 33.0 Å². The quantitative estimate of drug-likeness (QED) is 0.511. The van der Waals surface area contributed by atoms with Crippen molar-refractivity contribution in [3.63, 3.8) is 0 Å². The molecule has 0 saturated carbocycles. The second kappa shape index (κ2) is 10.1. The van der Waals surface area contributed by atoms with Crippen molar-refractivity contribution in [2.75, 3.05) is 44.8 Å². The standard InChI is InChI=1S/C17H27N3O4S2/c1-3-5-8-18-17(25)19-14-6-7-15(24-4-2)16(13-14)26(21,22)20-9-11-23-12-10-20/h6-7,13H,3-5,8-12H2,1-2H3,(H2,18,19,25). The van der Waals surface area contributed by atoms with Gasteiger partial charge in [0.05, 0.1) is 19.8 Å².